The van der Waals surface area contributed by atoms with Gasteiger partial charge in [0.25, 0.3) is 5.91 Å². The number of carbonyl (C=O) groups excluding carboxylic acids is 1. The normalized spacial score (nSPS) is 18.5. The lowest BCUT2D eigenvalue weighted by molar-refractivity contribution is 0.0931. The molecule has 2 atom stereocenters. The number of hydrogen-bond acceptors (Lipinski definition) is 5. The molecule has 0 radical (unpaired) electrons. The lowest BCUT2D eigenvalue weighted by Crippen LogP contribution is -2.44. The van der Waals surface area contributed by atoms with Crippen LogP contribution < -0.4 is 25.6 Å². The number of nitrogens with one attached hydrogen (secondary N) is 3. The zero-order valence-electron chi connectivity index (χ0n) is 17.2. The van der Waals surface area contributed by atoms with Crippen LogP contribution in [0.2, 0.25) is 0 Å². The molecule has 8 heteroatoms. The third-order valence-electron chi connectivity index (χ3n) is 5.44. The first-order valence-electron chi connectivity index (χ1n) is 9.86. The van der Waals surface area contributed by atoms with Crippen LogP contribution in [0.4, 0.5) is 4.39 Å². The molecule has 4 rings (SSSR count). The Balaban J connectivity index is 1.49. The SMILES string of the molecule is CCn1c(C2CC(NC(=O)c3ccc(OC)c(F)c3)NN2)cc2cc(OC)ccc21. The summed E-state index contributed by atoms with van der Waals surface area (Å²) in [6, 6.07) is 12.4. The second-order valence-corrected chi connectivity index (χ2v) is 7.19. The molecule has 0 bridgehead atoms. The lowest BCUT2D eigenvalue weighted by atomic mass is 10.1. The van der Waals surface area contributed by atoms with E-state index in [1.807, 2.05) is 12.1 Å². The summed E-state index contributed by atoms with van der Waals surface area (Å²) >= 11 is 0. The lowest BCUT2D eigenvalue weighted by Gasteiger charge is -2.14. The Bertz CT molecular complexity index is 1080. The highest BCUT2D eigenvalue weighted by Gasteiger charge is 2.29. The molecule has 1 aromatic heterocycles. The maximum absolute atomic E-state index is 13.9. The maximum Gasteiger partial charge on any atom is 0.252 e. The number of aromatic nitrogens is 1. The van der Waals surface area contributed by atoms with Crippen molar-refractivity contribution in [3.05, 3.63) is 59.5 Å². The van der Waals surface area contributed by atoms with Crippen molar-refractivity contribution in [1.82, 2.24) is 20.7 Å². The van der Waals surface area contributed by atoms with E-state index in [2.05, 4.69) is 39.8 Å². The first kappa shape index (κ1) is 20.2. The highest BCUT2D eigenvalue weighted by Crippen LogP contribution is 2.30. The van der Waals surface area contributed by atoms with Crippen molar-refractivity contribution < 1.29 is 18.7 Å². The number of fused-ring (bicyclic) bond motifs is 1. The van der Waals surface area contributed by atoms with E-state index in [0.29, 0.717) is 6.42 Å². The number of halogens is 1. The van der Waals surface area contributed by atoms with Crippen LogP contribution >= 0.6 is 0 Å². The van der Waals surface area contributed by atoms with Gasteiger partial charge in [-0.15, -0.1) is 0 Å². The predicted molar refractivity (Wildman–Crippen MR) is 112 cm³/mol. The van der Waals surface area contributed by atoms with Crippen molar-refractivity contribution in [2.45, 2.75) is 32.1 Å². The van der Waals surface area contributed by atoms with Crippen molar-refractivity contribution in [2.75, 3.05) is 14.2 Å². The number of hydrazine groups is 1. The number of rotatable bonds is 6. The van der Waals surface area contributed by atoms with E-state index >= 15 is 0 Å². The minimum Gasteiger partial charge on any atom is -0.497 e. The number of benzene rings is 2. The van der Waals surface area contributed by atoms with Gasteiger partial charge in [0.1, 0.15) is 5.75 Å². The Morgan fingerprint density at radius 2 is 2.00 bits per heavy atom. The van der Waals surface area contributed by atoms with E-state index < -0.39 is 5.82 Å². The quantitative estimate of drug-likeness (QED) is 0.580. The van der Waals surface area contributed by atoms with Crippen LogP contribution in [0.15, 0.2) is 42.5 Å². The van der Waals surface area contributed by atoms with Crippen molar-refractivity contribution in [3.63, 3.8) is 0 Å². The molecule has 3 aromatic rings. The van der Waals surface area contributed by atoms with E-state index in [0.717, 1.165) is 28.9 Å². The Morgan fingerprint density at radius 1 is 1.17 bits per heavy atom. The molecular formula is C22H25FN4O3. The Hall–Kier alpha value is -3.10. The van der Waals surface area contributed by atoms with Crippen molar-refractivity contribution in [2.24, 2.45) is 0 Å². The monoisotopic (exact) mass is 412 g/mol. The Labute approximate surface area is 174 Å². The van der Waals surface area contributed by atoms with Crippen LogP contribution in [-0.2, 0) is 6.54 Å². The summed E-state index contributed by atoms with van der Waals surface area (Å²) in [4.78, 5) is 12.5. The Morgan fingerprint density at radius 3 is 2.70 bits per heavy atom. The molecule has 1 amide bonds. The summed E-state index contributed by atoms with van der Waals surface area (Å²) in [7, 11) is 3.04. The first-order valence-corrected chi connectivity index (χ1v) is 9.86. The molecule has 1 aliphatic rings. The van der Waals surface area contributed by atoms with Gasteiger partial charge < -0.3 is 19.4 Å². The number of amides is 1. The summed E-state index contributed by atoms with van der Waals surface area (Å²) in [6.45, 7) is 2.93. The summed E-state index contributed by atoms with van der Waals surface area (Å²) in [5.41, 5.74) is 8.89. The predicted octanol–water partition coefficient (Wildman–Crippen LogP) is 3.11. The Kier molecular flexibility index (Phi) is 5.61. The zero-order valence-corrected chi connectivity index (χ0v) is 17.2. The van der Waals surface area contributed by atoms with Gasteiger partial charge in [-0.05, 0) is 49.4 Å². The van der Waals surface area contributed by atoms with Gasteiger partial charge in [-0.25, -0.2) is 15.2 Å². The third kappa shape index (κ3) is 3.71. The number of hydrogen-bond donors (Lipinski definition) is 3. The molecule has 0 aliphatic carbocycles. The van der Waals surface area contributed by atoms with Crippen molar-refractivity contribution >= 4 is 16.8 Å². The number of carbonyl (C=O) groups is 1. The molecule has 0 saturated carbocycles. The van der Waals surface area contributed by atoms with Crippen LogP contribution in [0.5, 0.6) is 11.5 Å². The second-order valence-electron chi connectivity index (χ2n) is 7.19. The molecule has 1 saturated heterocycles. The van der Waals surface area contributed by atoms with Gasteiger partial charge in [0.2, 0.25) is 0 Å². The van der Waals surface area contributed by atoms with Crippen LogP contribution in [0.1, 0.15) is 35.4 Å². The molecule has 3 N–H and O–H groups in total. The van der Waals surface area contributed by atoms with Crippen LogP contribution in [-0.4, -0.2) is 30.9 Å². The van der Waals surface area contributed by atoms with E-state index in [4.69, 9.17) is 9.47 Å². The highest BCUT2D eigenvalue weighted by molar-refractivity contribution is 5.94. The summed E-state index contributed by atoms with van der Waals surface area (Å²) in [6.07, 6.45) is 0.364. The van der Waals surface area contributed by atoms with Gasteiger partial charge in [-0.1, -0.05) is 0 Å². The smallest absolute Gasteiger partial charge is 0.252 e. The zero-order chi connectivity index (χ0) is 21.3. The van der Waals surface area contributed by atoms with Gasteiger partial charge in [0, 0.05) is 35.1 Å². The molecule has 30 heavy (non-hydrogen) atoms. The number of nitrogens with zero attached hydrogens (tertiary/aromatic N) is 1. The fraction of sp³-hybridized carbons (Fsp3) is 0.318. The average molecular weight is 412 g/mol. The molecule has 158 valence electrons. The number of aryl methyl sites for hydroxylation is 1. The molecular weight excluding hydrogens is 387 g/mol. The number of ether oxygens (including phenoxy) is 2. The molecule has 7 nitrogen and oxygen atoms in total. The summed E-state index contributed by atoms with van der Waals surface area (Å²) < 4.78 is 26.4. The fourth-order valence-electron chi connectivity index (χ4n) is 3.93. The minimum atomic E-state index is -0.566. The highest BCUT2D eigenvalue weighted by atomic mass is 19.1. The first-order chi connectivity index (χ1) is 14.5. The largest absolute Gasteiger partial charge is 0.497 e. The summed E-state index contributed by atoms with van der Waals surface area (Å²) in [5, 5.41) is 4.01. The molecule has 1 fully saturated rings. The maximum atomic E-state index is 13.9. The van der Waals surface area contributed by atoms with Crippen LogP contribution in [0.3, 0.4) is 0 Å². The van der Waals surface area contributed by atoms with Crippen molar-refractivity contribution in [3.8, 4) is 11.5 Å². The molecule has 1 aliphatic heterocycles. The minimum absolute atomic E-state index is 0.0150. The van der Waals surface area contributed by atoms with E-state index in [9.17, 15) is 9.18 Å². The van der Waals surface area contributed by atoms with Crippen LogP contribution in [0.25, 0.3) is 10.9 Å². The van der Waals surface area contributed by atoms with Gasteiger partial charge in [0.15, 0.2) is 11.6 Å². The van der Waals surface area contributed by atoms with Gasteiger partial charge in [-0.3, -0.25) is 4.79 Å². The topological polar surface area (TPSA) is 76.6 Å². The van der Waals surface area contributed by atoms with Crippen molar-refractivity contribution in [1.29, 1.82) is 0 Å². The van der Waals surface area contributed by atoms with Gasteiger partial charge >= 0.3 is 0 Å². The molecule has 2 heterocycles. The fourth-order valence-corrected chi connectivity index (χ4v) is 3.93. The molecule has 2 aromatic carbocycles. The average Bonchev–Trinajstić information content (AvgIpc) is 3.36. The summed E-state index contributed by atoms with van der Waals surface area (Å²) in [5.74, 6) is 0.00803. The second kappa shape index (κ2) is 8.33. The number of methoxy groups -OCH3 is 2. The third-order valence-corrected chi connectivity index (χ3v) is 5.44. The van der Waals surface area contributed by atoms with Gasteiger partial charge in [0.05, 0.1) is 26.4 Å². The van der Waals surface area contributed by atoms with E-state index in [1.165, 1.54) is 19.2 Å². The molecule has 2 unspecified atom stereocenters. The van der Waals surface area contributed by atoms with Gasteiger partial charge in [-0.2, -0.15) is 0 Å². The standard InChI is InChI=1S/C22H25FN4O3/c1-4-27-18-7-6-15(29-2)9-14(18)11-19(27)17-12-21(26-25-17)24-22(28)13-5-8-20(30-3)16(23)10-13/h5-11,17,21,25-26H,4,12H2,1-3H3,(H,24,28). The molecule has 0 spiro atoms. The van der Waals surface area contributed by atoms with E-state index in [1.54, 1.807) is 13.2 Å². The van der Waals surface area contributed by atoms with E-state index in [-0.39, 0.29) is 29.4 Å². The van der Waals surface area contributed by atoms with Crippen LogP contribution in [0, 0.1) is 5.82 Å².